The van der Waals surface area contributed by atoms with Crippen molar-refractivity contribution in [2.75, 3.05) is 18.0 Å². The summed E-state index contributed by atoms with van der Waals surface area (Å²) in [6.07, 6.45) is 0.836. The topological polar surface area (TPSA) is 96.0 Å². The van der Waals surface area contributed by atoms with Gasteiger partial charge in [0.2, 0.25) is 11.8 Å². The number of benzene rings is 4. The van der Waals surface area contributed by atoms with Crippen molar-refractivity contribution < 1.29 is 27.1 Å². The molecule has 0 radical (unpaired) electrons. The van der Waals surface area contributed by atoms with Gasteiger partial charge in [0.1, 0.15) is 24.2 Å². The Kier molecular flexibility index (Phi) is 11.8. The molecule has 0 aliphatic rings. The van der Waals surface area contributed by atoms with Crippen molar-refractivity contribution in [3.8, 4) is 5.75 Å². The van der Waals surface area contributed by atoms with Gasteiger partial charge in [-0.25, -0.2) is 12.8 Å². The first kappa shape index (κ1) is 34.5. The van der Waals surface area contributed by atoms with E-state index < -0.39 is 34.3 Å². The van der Waals surface area contributed by atoms with E-state index in [1.54, 1.807) is 0 Å². The molecule has 11 heteroatoms. The molecule has 2 amide bonds. The summed E-state index contributed by atoms with van der Waals surface area (Å²) in [5.74, 6) is -0.993. The molecule has 0 spiro atoms. The van der Waals surface area contributed by atoms with Crippen molar-refractivity contribution in [2.45, 2.75) is 50.2 Å². The highest BCUT2D eigenvalue weighted by molar-refractivity contribution is 7.92. The van der Waals surface area contributed by atoms with Crippen molar-refractivity contribution in [2.24, 2.45) is 0 Å². The first-order valence-electron chi connectivity index (χ1n) is 14.8. The SMILES string of the molecule is CC[C@H](C)NC(=O)[C@H](Cc1ccccc1)N(Cc1ccc(F)cc1)C(=O)CN(c1ccc(Cl)cc1)S(=O)(=O)c1ccc(OC)cc1. The quantitative estimate of drug-likeness (QED) is 0.172. The number of nitrogens with zero attached hydrogens (tertiary/aromatic N) is 2. The van der Waals surface area contributed by atoms with Gasteiger partial charge in [-0.2, -0.15) is 0 Å². The molecule has 242 valence electrons. The van der Waals surface area contributed by atoms with E-state index in [-0.39, 0.29) is 35.5 Å². The predicted octanol–water partition coefficient (Wildman–Crippen LogP) is 6.24. The van der Waals surface area contributed by atoms with Gasteiger partial charge in [0, 0.05) is 24.0 Å². The minimum Gasteiger partial charge on any atom is -0.497 e. The smallest absolute Gasteiger partial charge is 0.264 e. The molecule has 1 N–H and O–H groups in total. The molecule has 0 saturated carbocycles. The molecule has 0 heterocycles. The maximum absolute atomic E-state index is 14.5. The van der Waals surface area contributed by atoms with E-state index in [9.17, 15) is 22.4 Å². The molecule has 46 heavy (non-hydrogen) atoms. The van der Waals surface area contributed by atoms with E-state index in [0.717, 1.165) is 9.87 Å². The average molecular weight is 666 g/mol. The maximum atomic E-state index is 14.5. The third-order valence-corrected chi connectivity index (χ3v) is 9.62. The van der Waals surface area contributed by atoms with Gasteiger partial charge in [0.05, 0.1) is 17.7 Å². The van der Waals surface area contributed by atoms with E-state index in [1.165, 1.54) is 84.8 Å². The largest absolute Gasteiger partial charge is 0.497 e. The lowest BCUT2D eigenvalue weighted by Gasteiger charge is -2.34. The second kappa shape index (κ2) is 15.7. The van der Waals surface area contributed by atoms with Crippen LogP contribution in [0.5, 0.6) is 5.75 Å². The second-order valence-electron chi connectivity index (χ2n) is 10.8. The number of rotatable bonds is 14. The summed E-state index contributed by atoms with van der Waals surface area (Å²) in [5, 5.41) is 3.38. The molecular formula is C35H37ClFN3O5S. The first-order valence-corrected chi connectivity index (χ1v) is 16.6. The average Bonchev–Trinajstić information content (AvgIpc) is 3.06. The molecule has 4 aromatic rings. The standard InChI is InChI=1S/C35H37ClFN3O5S/c1-4-25(2)38-35(42)33(22-26-8-6-5-7-9-26)39(23-27-10-14-29(37)15-11-27)34(41)24-40(30-16-12-28(36)13-17-30)46(43,44)32-20-18-31(45-3)19-21-32/h5-21,25,33H,4,22-24H2,1-3H3,(H,38,42)/t25-,33-/m0/s1. The zero-order valence-corrected chi connectivity index (χ0v) is 27.5. The molecule has 0 aliphatic carbocycles. The fourth-order valence-corrected chi connectivity index (χ4v) is 6.33. The lowest BCUT2D eigenvalue weighted by atomic mass is 10.0. The highest BCUT2D eigenvalue weighted by Gasteiger charge is 2.35. The van der Waals surface area contributed by atoms with Crippen LogP contribution in [0.3, 0.4) is 0 Å². The van der Waals surface area contributed by atoms with Crippen molar-refractivity contribution in [1.82, 2.24) is 10.2 Å². The number of anilines is 1. The van der Waals surface area contributed by atoms with Gasteiger partial charge in [-0.3, -0.25) is 13.9 Å². The lowest BCUT2D eigenvalue weighted by molar-refractivity contribution is -0.140. The number of amides is 2. The Hall–Kier alpha value is -4.41. The van der Waals surface area contributed by atoms with Crippen LogP contribution >= 0.6 is 11.6 Å². The summed E-state index contributed by atoms with van der Waals surface area (Å²) in [7, 11) is -2.82. The van der Waals surface area contributed by atoms with E-state index in [2.05, 4.69) is 5.32 Å². The van der Waals surface area contributed by atoms with E-state index in [1.807, 2.05) is 44.2 Å². The Labute approximate surface area is 274 Å². The van der Waals surface area contributed by atoms with Gasteiger partial charge in [-0.15, -0.1) is 0 Å². The molecular weight excluding hydrogens is 629 g/mol. The Morgan fingerprint density at radius 1 is 0.891 bits per heavy atom. The molecule has 0 bridgehead atoms. The van der Waals surface area contributed by atoms with Crippen molar-refractivity contribution in [3.63, 3.8) is 0 Å². The molecule has 8 nitrogen and oxygen atoms in total. The van der Waals surface area contributed by atoms with Crippen LogP contribution in [0.4, 0.5) is 10.1 Å². The number of nitrogens with one attached hydrogen (secondary N) is 1. The number of hydrogen-bond acceptors (Lipinski definition) is 5. The summed E-state index contributed by atoms with van der Waals surface area (Å²) < 4.78 is 48.2. The third-order valence-electron chi connectivity index (χ3n) is 7.58. The van der Waals surface area contributed by atoms with Crippen LogP contribution in [0, 0.1) is 5.82 Å². The van der Waals surface area contributed by atoms with Crippen LogP contribution in [0.15, 0.2) is 108 Å². The number of halogens is 2. The minimum absolute atomic E-state index is 0.0588. The summed E-state index contributed by atoms with van der Waals surface area (Å²) in [4.78, 5) is 29.6. The van der Waals surface area contributed by atoms with Crippen molar-refractivity contribution >= 4 is 39.1 Å². The third kappa shape index (κ3) is 8.86. The predicted molar refractivity (Wildman–Crippen MR) is 178 cm³/mol. The van der Waals surface area contributed by atoms with Crippen LogP contribution in [0.1, 0.15) is 31.4 Å². The fourth-order valence-electron chi connectivity index (χ4n) is 4.79. The summed E-state index contributed by atoms with van der Waals surface area (Å²) in [6.45, 7) is 3.11. The van der Waals surface area contributed by atoms with Crippen LogP contribution in [0.2, 0.25) is 5.02 Å². The first-order chi connectivity index (χ1) is 22.0. The van der Waals surface area contributed by atoms with Crippen LogP contribution in [0.25, 0.3) is 0 Å². The molecule has 0 fully saturated rings. The molecule has 0 unspecified atom stereocenters. The number of hydrogen-bond donors (Lipinski definition) is 1. The monoisotopic (exact) mass is 665 g/mol. The van der Waals surface area contributed by atoms with Crippen LogP contribution in [-0.2, 0) is 32.6 Å². The highest BCUT2D eigenvalue weighted by atomic mass is 35.5. The lowest BCUT2D eigenvalue weighted by Crippen LogP contribution is -2.54. The van der Waals surface area contributed by atoms with E-state index in [4.69, 9.17) is 16.3 Å². The molecule has 0 aliphatic heterocycles. The summed E-state index contributed by atoms with van der Waals surface area (Å²) in [5.41, 5.74) is 1.59. The molecule has 0 aromatic heterocycles. The number of ether oxygens (including phenoxy) is 1. The Bertz CT molecular complexity index is 1700. The Morgan fingerprint density at radius 3 is 2.11 bits per heavy atom. The van der Waals surface area contributed by atoms with Crippen LogP contribution in [-0.4, -0.2) is 50.9 Å². The molecule has 4 aromatic carbocycles. The Balaban J connectivity index is 1.80. The van der Waals surface area contributed by atoms with Gasteiger partial charge in [-0.1, -0.05) is 61.0 Å². The second-order valence-corrected chi connectivity index (χ2v) is 13.1. The van der Waals surface area contributed by atoms with Gasteiger partial charge in [0.25, 0.3) is 10.0 Å². The number of carbonyl (C=O) groups excluding carboxylic acids is 2. The van der Waals surface area contributed by atoms with Crippen LogP contribution < -0.4 is 14.4 Å². The summed E-state index contributed by atoms with van der Waals surface area (Å²) in [6, 6.07) is 25.6. The van der Waals surface area contributed by atoms with Crippen molar-refractivity contribution in [1.29, 1.82) is 0 Å². The van der Waals surface area contributed by atoms with Gasteiger partial charge in [-0.05, 0) is 85.1 Å². The zero-order valence-electron chi connectivity index (χ0n) is 25.9. The number of methoxy groups -OCH3 is 1. The maximum Gasteiger partial charge on any atom is 0.264 e. The molecule has 0 saturated heterocycles. The highest BCUT2D eigenvalue weighted by Crippen LogP contribution is 2.27. The number of carbonyl (C=O) groups is 2. The van der Waals surface area contributed by atoms with Gasteiger partial charge < -0.3 is 15.0 Å². The van der Waals surface area contributed by atoms with E-state index in [0.29, 0.717) is 22.8 Å². The number of sulfonamides is 1. The zero-order chi connectivity index (χ0) is 33.3. The minimum atomic E-state index is -4.29. The normalized spacial score (nSPS) is 12.5. The van der Waals surface area contributed by atoms with Gasteiger partial charge >= 0.3 is 0 Å². The summed E-state index contributed by atoms with van der Waals surface area (Å²) >= 11 is 6.12. The molecule has 2 atom stereocenters. The fraction of sp³-hybridized carbons (Fsp3) is 0.257. The van der Waals surface area contributed by atoms with Crippen molar-refractivity contribution in [3.05, 3.63) is 125 Å². The Morgan fingerprint density at radius 2 is 1.52 bits per heavy atom. The molecule has 4 rings (SSSR count). The van der Waals surface area contributed by atoms with E-state index >= 15 is 0 Å². The van der Waals surface area contributed by atoms with Gasteiger partial charge in [0.15, 0.2) is 0 Å².